The van der Waals surface area contributed by atoms with Crippen LogP contribution in [0.5, 0.6) is 0 Å². The van der Waals surface area contributed by atoms with Crippen molar-refractivity contribution in [2.24, 2.45) is 0 Å². The Hall–Kier alpha value is -2.34. The average Bonchev–Trinajstić information content (AvgIpc) is 2.87. The monoisotopic (exact) mass is 315 g/mol. The number of likely N-dealkylation sites (N-methyl/N-ethyl adjacent to an activating group) is 1. The molecule has 1 aromatic carbocycles. The van der Waals surface area contributed by atoms with Crippen molar-refractivity contribution >= 4 is 11.8 Å². The van der Waals surface area contributed by atoms with E-state index >= 15 is 0 Å². The first-order valence-electron chi connectivity index (χ1n) is 7.87. The Balaban J connectivity index is 1.81. The quantitative estimate of drug-likeness (QED) is 0.637. The molecule has 1 aromatic rings. The molecule has 2 aliphatic heterocycles. The second-order valence-corrected chi connectivity index (χ2v) is 6.05. The summed E-state index contributed by atoms with van der Waals surface area (Å²) in [6.45, 7) is 2.16. The van der Waals surface area contributed by atoms with Gasteiger partial charge in [-0.05, 0) is 42.5 Å². The minimum atomic E-state index is -0.511. The zero-order chi connectivity index (χ0) is 16.4. The van der Waals surface area contributed by atoms with Gasteiger partial charge in [-0.3, -0.25) is 14.8 Å². The Morgan fingerprint density at radius 3 is 2.74 bits per heavy atom. The van der Waals surface area contributed by atoms with E-state index in [-0.39, 0.29) is 5.91 Å². The number of carbonyl (C=O) groups excluding carboxylic acids is 2. The van der Waals surface area contributed by atoms with Crippen molar-refractivity contribution < 1.29 is 14.8 Å². The number of nitrogens with one attached hydrogen (secondary N) is 1. The molecule has 3 rings (SSSR count). The number of amides is 2. The van der Waals surface area contributed by atoms with Gasteiger partial charge in [-0.25, -0.2) is 5.48 Å². The first-order chi connectivity index (χ1) is 11.1. The maximum Gasteiger partial charge on any atom is 0.274 e. The number of aryl methyl sites for hydroxylation is 1. The summed E-state index contributed by atoms with van der Waals surface area (Å²) in [6.07, 6.45) is 4.60. The second-order valence-electron chi connectivity index (χ2n) is 6.05. The molecule has 0 aromatic heterocycles. The molecule has 0 aliphatic carbocycles. The first-order valence-corrected chi connectivity index (χ1v) is 7.87. The van der Waals surface area contributed by atoms with Crippen molar-refractivity contribution in [3.63, 3.8) is 0 Å². The van der Waals surface area contributed by atoms with Crippen molar-refractivity contribution in [3.8, 4) is 0 Å². The van der Waals surface area contributed by atoms with Crippen molar-refractivity contribution in [2.75, 3.05) is 20.1 Å². The fourth-order valence-electron chi connectivity index (χ4n) is 3.22. The van der Waals surface area contributed by atoms with E-state index in [9.17, 15) is 9.59 Å². The molecular formula is C17H21N3O3. The second kappa shape index (κ2) is 6.42. The lowest BCUT2D eigenvalue weighted by molar-refractivity contribution is -0.129. The van der Waals surface area contributed by atoms with Crippen LogP contribution in [-0.2, 0) is 17.8 Å². The first kappa shape index (κ1) is 15.6. The fraction of sp³-hybridized carbons (Fsp3) is 0.412. The lowest BCUT2D eigenvalue weighted by Crippen LogP contribution is -2.35. The van der Waals surface area contributed by atoms with Crippen LogP contribution in [-0.4, -0.2) is 47.0 Å². The Kier molecular flexibility index (Phi) is 4.34. The molecule has 2 heterocycles. The van der Waals surface area contributed by atoms with Crippen molar-refractivity contribution in [3.05, 3.63) is 46.7 Å². The molecule has 2 aliphatic rings. The number of carbonyl (C=O) groups is 2. The third-order valence-electron chi connectivity index (χ3n) is 4.53. The third kappa shape index (κ3) is 3.07. The van der Waals surface area contributed by atoms with Crippen LogP contribution in [0.2, 0.25) is 0 Å². The van der Waals surface area contributed by atoms with Gasteiger partial charge in [-0.15, -0.1) is 0 Å². The summed E-state index contributed by atoms with van der Waals surface area (Å²) >= 11 is 0. The number of rotatable bonds is 2. The van der Waals surface area contributed by atoms with Gasteiger partial charge in [-0.1, -0.05) is 12.1 Å². The number of hydroxylamine groups is 1. The molecule has 2 N–H and O–H groups in total. The van der Waals surface area contributed by atoms with E-state index in [1.54, 1.807) is 17.6 Å². The standard InChI is InChI=1S/C17H21N3O3/c1-19-8-3-5-15(19)17(22)20-9-2-4-12-10-13(16(21)18-23)6-7-14(12)11-20/h5-7,10,23H,2-4,8-9,11H2,1H3,(H,18,21). The summed E-state index contributed by atoms with van der Waals surface area (Å²) in [4.78, 5) is 28.1. The molecular weight excluding hydrogens is 294 g/mol. The highest BCUT2D eigenvalue weighted by Crippen LogP contribution is 2.23. The summed E-state index contributed by atoms with van der Waals surface area (Å²) in [7, 11) is 1.95. The van der Waals surface area contributed by atoms with Gasteiger partial charge in [0.25, 0.3) is 11.8 Å². The molecule has 0 saturated carbocycles. The maximum absolute atomic E-state index is 12.7. The summed E-state index contributed by atoms with van der Waals surface area (Å²) in [5, 5.41) is 8.75. The van der Waals surface area contributed by atoms with E-state index in [1.807, 2.05) is 29.0 Å². The number of benzene rings is 1. The van der Waals surface area contributed by atoms with E-state index in [0.717, 1.165) is 42.6 Å². The number of nitrogens with zero attached hydrogens (tertiary/aromatic N) is 2. The predicted octanol–water partition coefficient (Wildman–Crippen LogP) is 1.30. The van der Waals surface area contributed by atoms with Crippen molar-refractivity contribution in [1.82, 2.24) is 15.3 Å². The van der Waals surface area contributed by atoms with E-state index in [4.69, 9.17) is 5.21 Å². The van der Waals surface area contributed by atoms with Crippen LogP contribution < -0.4 is 5.48 Å². The van der Waals surface area contributed by atoms with Gasteiger partial charge in [0.05, 0.1) is 5.70 Å². The highest BCUT2D eigenvalue weighted by Gasteiger charge is 2.26. The van der Waals surface area contributed by atoms with Crippen LogP contribution in [0.4, 0.5) is 0 Å². The van der Waals surface area contributed by atoms with Crippen LogP contribution in [0.3, 0.4) is 0 Å². The summed E-state index contributed by atoms with van der Waals surface area (Å²) in [6, 6.07) is 5.35. The average molecular weight is 315 g/mol. The van der Waals surface area contributed by atoms with Crippen molar-refractivity contribution in [2.45, 2.75) is 25.8 Å². The largest absolute Gasteiger partial charge is 0.370 e. The Bertz CT molecular complexity index is 669. The van der Waals surface area contributed by atoms with E-state index < -0.39 is 5.91 Å². The molecule has 0 unspecified atom stereocenters. The van der Waals surface area contributed by atoms with Gasteiger partial charge >= 0.3 is 0 Å². The number of fused-ring (bicyclic) bond motifs is 1. The molecule has 0 radical (unpaired) electrons. The molecule has 0 spiro atoms. The van der Waals surface area contributed by atoms with E-state index in [1.165, 1.54) is 0 Å². The van der Waals surface area contributed by atoms with E-state index in [0.29, 0.717) is 18.7 Å². The van der Waals surface area contributed by atoms with Crippen LogP contribution in [0.1, 0.15) is 34.3 Å². The van der Waals surface area contributed by atoms with Crippen LogP contribution in [0.25, 0.3) is 0 Å². The van der Waals surface area contributed by atoms with Gasteiger partial charge < -0.3 is 9.80 Å². The molecule has 6 nitrogen and oxygen atoms in total. The Morgan fingerprint density at radius 1 is 1.22 bits per heavy atom. The molecule has 23 heavy (non-hydrogen) atoms. The topological polar surface area (TPSA) is 72.9 Å². The Labute approximate surface area is 135 Å². The molecule has 0 atom stereocenters. The van der Waals surface area contributed by atoms with Gasteiger partial charge in [-0.2, -0.15) is 0 Å². The Morgan fingerprint density at radius 2 is 2.04 bits per heavy atom. The fourth-order valence-corrected chi connectivity index (χ4v) is 3.22. The van der Waals surface area contributed by atoms with Gasteiger partial charge in [0, 0.05) is 32.2 Å². The normalized spacial score (nSPS) is 17.4. The molecule has 0 saturated heterocycles. The molecule has 2 amide bonds. The van der Waals surface area contributed by atoms with Gasteiger partial charge in [0.1, 0.15) is 0 Å². The van der Waals surface area contributed by atoms with Crippen LogP contribution >= 0.6 is 0 Å². The number of hydrogen-bond acceptors (Lipinski definition) is 4. The molecule has 6 heteroatoms. The highest BCUT2D eigenvalue weighted by atomic mass is 16.5. The van der Waals surface area contributed by atoms with Gasteiger partial charge in [0.15, 0.2) is 0 Å². The smallest absolute Gasteiger partial charge is 0.274 e. The van der Waals surface area contributed by atoms with Crippen LogP contribution in [0.15, 0.2) is 30.0 Å². The SMILES string of the molecule is CN1CCC=C1C(=O)N1CCCc2cc(C(=O)NO)ccc2C1. The zero-order valence-corrected chi connectivity index (χ0v) is 13.2. The zero-order valence-electron chi connectivity index (χ0n) is 13.2. The number of hydrogen-bond donors (Lipinski definition) is 2. The minimum Gasteiger partial charge on any atom is -0.370 e. The predicted molar refractivity (Wildman–Crippen MR) is 84.8 cm³/mol. The molecule has 0 bridgehead atoms. The molecule has 0 fully saturated rings. The third-order valence-corrected chi connectivity index (χ3v) is 4.53. The van der Waals surface area contributed by atoms with Crippen LogP contribution in [0, 0.1) is 0 Å². The van der Waals surface area contributed by atoms with Gasteiger partial charge in [0.2, 0.25) is 0 Å². The lowest BCUT2D eigenvalue weighted by Gasteiger charge is -2.25. The summed E-state index contributed by atoms with van der Waals surface area (Å²) in [5.41, 5.74) is 5.00. The minimum absolute atomic E-state index is 0.0787. The van der Waals surface area contributed by atoms with Crippen molar-refractivity contribution in [1.29, 1.82) is 0 Å². The summed E-state index contributed by atoms with van der Waals surface area (Å²) < 4.78 is 0. The lowest BCUT2D eigenvalue weighted by atomic mass is 10.0. The molecule has 122 valence electrons. The highest BCUT2D eigenvalue weighted by molar-refractivity contribution is 5.94. The summed E-state index contributed by atoms with van der Waals surface area (Å²) in [5.74, 6) is -0.433. The van der Waals surface area contributed by atoms with E-state index in [2.05, 4.69) is 0 Å². The maximum atomic E-state index is 12.7.